The van der Waals surface area contributed by atoms with Crippen LogP contribution in [0.25, 0.3) is 0 Å². The molecule has 0 rings (SSSR count). The van der Waals surface area contributed by atoms with Gasteiger partial charge in [0.15, 0.2) is 0 Å². The summed E-state index contributed by atoms with van der Waals surface area (Å²) in [5.41, 5.74) is 0. The van der Waals surface area contributed by atoms with Gasteiger partial charge in [-0.1, -0.05) is 13.0 Å². The Morgan fingerprint density at radius 3 is 2.75 bits per heavy atom. The minimum absolute atomic E-state index is 0.0280. The molecule has 0 aromatic heterocycles. The lowest BCUT2D eigenvalue weighted by Crippen LogP contribution is -2.41. The van der Waals surface area contributed by atoms with Gasteiger partial charge in [-0.2, -0.15) is 0 Å². The quantitative estimate of drug-likeness (QED) is 0.581. The van der Waals surface area contributed by atoms with Crippen LogP contribution in [0.15, 0.2) is 12.3 Å². The van der Waals surface area contributed by atoms with Crippen molar-refractivity contribution >= 4 is 6.03 Å². The van der Waals surface area contributed by atoms with Gasteiger partial charge in [-0.05, 0) is 13.3 Å². The fraction of sp³-hybridized carbons (Fsp3) is 0.625. The van der Waals surface area contributed by atoms with Crippen LogP contribution in [-0.2, 0) is 0 Å². The molecule has 1 unspecified atom stereocenters. The van der Waals surface area contributed by atoms with Gasteiger partial charge in [-0.3, -0.25) is 0 Å². The number of amides is 2. The summed E-state index contributed by atoms with van der Waals surface area (Å²) < 4.78 is 0. The Balaban J connectivity index is 3.66. The second-order valence-corrected chi connectivity index (χ2v) is 2.41. The van der Waals surface area contributed by atoms with Gasteiger partial charge >= 0.3 is 6.03 Å². The second kappa shape index (κ2) is 6.67. The van der Waals surface area contributed by atoms with Crippen molar-refractivity contribution in [3.63, 3.8) is 0 Å². The average Bonchev–Trinajstić information content (AvgIpc) is 2.10. The lowest BCUT2D eigenvalue weighted by Gasteiger charge is -2.12. The number of aliphatic hydroxyl groups is 1. The van der Waals surface area contributed by atoms with E-state index in [4.69, 9.17) is 5.11 Å². The van der Waals surface area contributed by atoms with Crippen molar-refractivity contribution in [2.24, 2.45) is 0 Å². The highest BCUT2D eigenvalue weighted by Gasteiger charge is 2.06. The van der Waals surface area contributed by atoms with Gasteiger partial charge in [0, 0.05) is 6.20 Å². The SMILES string of the molecule is C/C=C/NC(=O)NC(CC)CO. The van der Waals surface area contributed by atoms with Crippen molar-refractivity contribution in [3.8, 4) is 0 Å². The molecule has 0 aliphatic heterocycles. The maximum Gasteiger partial charge on any atom is 0.319 e. The Bertz CT molecular complexity index is 153. The molecule has 0 aromatic rings. The summed E-state index contributed by atoms with van der Waals surface area (Å²) in [5.74, 6) is 0. The predicted octanol–water partition coefficient (Wildman–Crippen LogP) is 0.590. The molecule has 0 bridgehead atoms. The summed E-state index contributed by atoms with van der Waals surface area (Å²) >= 11 is 0. The van der Waals surface area contributed by atoms with Gasteiger partial charge < -0.3 is 15.7 Å². The van der Waals surface area contributed by atoms with Gasteiger partial charge in [0.1, 0.15) is 0 Å². The fourth-order valence-corrected chi connectivity index (χ4v) is 0.663. The summed E-state index contributed by atoms with van der Waals surface area (Å²) in [6.45, 7) is 3.68. The predicted molar refractivity (Wildman–Crippen MR) is 47.6 cm³/mol. The van der Waals surface area contributed by atoms with Crippen molar-refractivity contribution in [3.05, 3.63) is 12.3 Å². The number of allylic oxidation sites excluding steroid dienone is 1. The van der Waals surface area contributed by atoms with Crippen LogP contribution in [0.1, 0.15) is 20.3 Å². The van der Waals surface area contributed by atoms with Crippen LogP contribution in [0.4, 0.5) is 4.79 Å². The van der Waals surface area contributed by atoms with Crippen LogP contribution in [0, 0.1) is 0 Å². The Kier molecular flexibility index (Phi) is 6.09. The molecule has 2 amide bonds. The van der Waals surface area contributed by atoms with E-state index in [0.717, 1.165) is 6.42 Å². The summed E-state index contributed by atoms with van der Waals surface area (Å²) in [5, 5.41) is 13.8. The maximum atomic E-state index is 10.9. The number of nitrogens with one attached hydrogen (secondary N) is 2. The van der Waals surface area contributed by atoms with Crippen LogP contribution < -0.4 is 10.6 Å². The Morgan fingerprint density at radius 1 is 1.67 bits per heavy atom. The third-order valence-corrected chi connectivity index (χ3v) is 1.43. The average molecular weight is 172 g/mol. The molecule has 0 aliphatic rings. The number of carbonyl (C=O) groups excluding carboxylic acids is 1. The molecule has 0 aliphatic carbocycles. The topological polar surface area (TPSA) is 61.4 Å². The van der Waals surface area contributed by atoms with Gasteiger partial charge in [0.2, 0.25) is 0 Å². The highest BCUT2D eigenvalue weighted by Crippen LogP contribution is 1.87. The first-order valence-corrected chi connectivity index (χ1v) is 4.03. The summed E-state index contributed by atoms with van der Waals surface area (Å²) in [6.07, 6.45) is 3.98. The summed E-state index contributed by atoms with van der Waals surface area (Å²) in [4.78, 5) is 10.9. The van der Waals surface area contributed by atoms with Crippen molar-refractivity contribution in [2.45, 2.75) is 26.3 Å². The second-order valence-electron chi connectivity index (χ2n) is 2.41. The van der Waals surface area contributed by atoms with Gasteiger partial charge in [-0.15, -0.1) is 0 Å². The van der Waals surface area contributed by atoms with E-state index in [-0.39, 0.29) is 18.7 Å². The molecule has 0 saturated carbocycles. The highest BCUT2D eigenvalue weighted by molar-refractivity contribution is 5.75. The van der Waals surface area contributed by atoms with Crippen molar-refractivity contribution in [2.75, 3.05) is 6.61 Å². The van der Waals surface area contributed by atoms with Crippen molar-refractivity contribution in [1.29, 1.82) is 0 Å². The molecule has 0 fully saturated rings. The summed E-state index contributed by atoms with van der Waals surface area (Å²) in [6, 6.07) is -0.441. The van der Waals surface area contributed by atoms with E-state index >= 15 is 0 Å². The summed E-state index contributed by atoms with van der Waals surface area (Å²) in [7, 11) is 0. The minimum atomic E-state index is -0.283. The zero-order valence-electron chi connectivity index (χ0n) is 7.50. The van der Waals surface area contributed by atoms with Crippen LogP contribution in [0.3, 0.4) is 0 Å². The van der Waals surface area contributed by atoms with E-state index in [9.17, 15) is 4.79 Å². The zero-order chi connectivity index (χ0) is 9.40. The molecule has 3 N–H and O–H groups in total. The zero-order valence-corrected chi connectivity index (χ0v) is 7.50. The molecular formula is C8H16N2O2. The third kappa shape index (κ3) is 4.73. The molecule has 4 nitrogen and oxygen atoms in total. The lowest BCUT2D eigenvalue weighted by molar-refractivity contribution is 0.217. The molecule has 0 saturated heterocycles. The molecular weight excluding hydrogens is 156 g/mol. The Hall–Kier alpha value is -1.03. The van der Waals surface area contributed by atoms with E-state index in [0.29, 0.717) is 0 Å². The minimum Gasteiger partial charge on any atom is -0.394 e. The van der Waals surface area contributed by atoms with Crippen LogP contribution in [0.2, 0.25) is 0 Å². The Labute approximate surface area is 72.7 Å². The van der Waals surface area contributed by atoms with E-state index in [1.165, 1.54) is 0 Å². The van der Waals surface area contributed by atoms with Crippen LogP contribution in [-0.4, -0.2) is 23.8 Å². The lowest BCUT2D eigenvalue weighted by atomic mass is 10.2. The first-order chi connectivity index (χ1) is 5.74. The molecule has 1 atom stereocenters. The van der Waals surface area contributed by atoms with Gasteiger partial charge in [0.05, 0.1) is 12.6 Å². The smallest absolute Gasteiger partial charge is 0.319 e. The first-order valence-electron chi connectivity index (χ1n) is 4.03. The molecule has 0 spiro atoms. The van der Waals surface area contributed by atoms with Crippen LogP contribution >= 0.6 is 0 Å². The maximum absolute atomic E-state index is 10.9. The number of urea groups is 1. The molecule has 0 radical (unpaired) electrons. The standard InChI is InChI=1S/C8H16N2O2/c1-3-5-9-8(12)10-7(4-2)6-11/h3,5,7,11H,4,6H2,1-2H3,(H2,9,10,12)/b5-3+. The number of carbonyl (C=O) groups is 1. The largest absolute Gasteiger partial charge is 0.394 e. The first kappa shape index (κ1) is 11.0. The molecule has 70 valence electrons. The van der Waals surface area contributed by atoms with E-state index in [1.807, 2.05) is 13.8 Å². The van der Waals surface area contributed by atoms with Crippen LogP contribution in [0.5, 0.6) is 0 Å². The van der Waals surface area contributed by atoms with Crippen molar-refractivity contribution < 1.29 is 9.90 Å². The Morgan fingerprint density at radius 2 is 2.33 bits per heavy atom. The number of rotatable bonds is 4. The molecule has 0 heterocycles. The van der Waals surface area contributed by atoms with E-state index in [1.54, 1.807) is 12.3 Å². The number of aliphatic hydroxyl groups excluding tert-OH is 1. The fourth-order valence-electron chi connectivity index (χ4n) is 0.663. The monoisotopic (exact) mass is 172 g/mol. The molecule has 4 heteroatoms. The number of hydrogen-bond donors (Lipinski definition) is 3. The van der Waals surface area contributed by atoms with E-state index < -0.39 is 0 Å². The normalized spacial score (nSPS) is 12.9. The molecule has 12 heavy (non-hydrogen) atoms. The van der Waals surface area contributed by atoms with E-state index in [2.05, 4.69) is 10.6 Å². The molecule has 0 aromatic carbocycles. The van der Waals surface area contributed by atoms with Crippen molar-refractivity contribution in [1.82, 2.24) is 10.6 Å². The van der Waals surface area contributed by atoms with Gasteiger partial charge in [0.25, 0.3) is 0 Å². The highest BCUT2D eigenvalue weighted by atomic mass is 16.3. The number of hydrogen-bond acceptors (Lipinski definition) is 2. The van der Waals surface area contributed by atoms with Gasteiger partial charge in [-0.25, -0.2) is 4.79 Å². The third-order valence-electron chi connectivity index (χ3n) is 1.43.